The molecule has 0 aromatic heterocycles. The van der Waals surface area contributed by atoms with Gasteiger partial charge in [0.25, 0.3) is 0 Å². The van der Waals surface area contributed by atoms with Crippen molar-refractivity contribution < 1.29 is 28.5 Å². The van der Waals surface area contributed by atoms with Gasteiger partial charge in [0.2, 0.25) is 0 Å². The van der Waals surface area contributed by atoms with Gasteiger partial charge in [-0.3, -0.25) is 0 Å². The van der Waals surface area contributed by atoms with Crippen molar-refractivity contribution in [2.24, 2.45) is 0 Å². The summed E-state index contributed by atoms with van der Waals surface area (Å²) in [6.45, 7) is 3.13. The van der Waals surface area contributed by atoms with Crippen molar-refractivity contribution in [2.75, 3.05) is 33.8 Å². The number of fused-ring (bicyclic) bond motifs is 3. The first-order chi connectivity index (χ1) is 21.5. The van der Waals surface area contributed by atoms with Gasteiger partial charge in [-0.1, -0.05) is 48.5 Å². The topological polar surface area (TPSA) is 72.9 Å². The van der Waals surface area contributed by atoms with Gasteiger partial charge in [0.15, 0.2) is 6.29 Å². The quantitative estimate of drug-likeness (QED) is 0.393. The molecule has 3 saturated heterocycles. The number of aliphatic hydroxyl groups is 1. The lowest BCUT2D eigenvalue weighted by molar-refractivity contribution is -0.137. The molecule has 2 saturated carbocycles. The van der Waals surface area contributed by atoms with Gasteiger partial charge >= 0.3 is 14.2 Å². The second-order valence-corrected chi connectivity index (χ2v) is 12.2. The highest BCUT2D eigenvalue weighted by molar-refractivity contribution is 6.62. The largest absolute Gasteiger partial charge is 0.496 e. The van der Waals surface area contributed by atoms with Crippen LogP contribution in [0.4, 0.5) is 0 Å². The summed E-state index contributed by atoms with van der Waals surface area (Å²) in [4.78, 5) is 4.56. The molecule has 3 aliphatic heterocycles. The third kappa shape index (κ3) is 6.83. The fraction of sp³-hybridized carbons (Fsp3) is 0.353. The molecular formula is C34H38B2N2O6. The van der Waals surface area contributed by atoms with Crippen LogP contribution in [0.15, 0.2) is 48.5 Å². The molecule has 2 aromatic rings. The second kappa shape index (κ2) is 13.9. The van der Waals surface area contributed by atoms with E-state index in [2.05, 4.69) is 106 Å². The highest BCUT2D eigenvalue weighted by Gasteiger charge is 2.60. The van der Waals surface area contributed by atoms with Crippen LogP contribution in [-0.4, -0.2) is 93.6 Å². The van der Waals surface area contributed by atoms with Crippen LogP contribution in [0.25, 0.3) is 0 Å². The molecule has 7 rings (SSSR count). The molecule has 8 nitrogen and oxygen atoms in total. The van der Waals surface area contributed by atoms with E-state index in [0.29, 0.717) is 0 Å². The van der Waals surface area contributed by atoms with Gasteiger partial charge in [-0.25, -0.2) is 0 Å². The number of hydrogen-bond acceptors (Lipinski definition) is 8. The summed E-state index contributed by atoms with van der Waals surface area (Å²) < 4.78 is 31.8. The summed E-state index contributed by atoms with van der Waals surface area (Å²) in [6, 6.07) is 16.5. The number of rotatable bonds is 11. The van der Waals surface area contributed by atoms with E-state index in [1.165, 1.54) is 17.4 Å². The van der Waals surface area contributed by atoms with Crippen molar-refractivity contribution in [3.05, 3.63) is 123 Å². The van der Waals surface area contributed by atoms with Gasteiger partial charge in [0.1, 0.15) is 18.3 Å². The first-order valence-electron chi connectivity index (χ1n) is 15.4. The lowest BCUT2D eigenvalue weighted by atomic mass is 9.73. The molecule has 3 heterocycles. The molecule has 5 atom stereocenters. The molecule has 44 heavy (non-hydrogen) atoms. The monoisotopic (exact) mass is 592 g/mol. The molecule has 10 heteroatoms. The zero-order valence-corrected chi connectivity index (χ0v) is 25.2. The predicted molar refractivity (Wildman–Crippen MR) is 169 cm³/mol. The fourth-order valence-electron chi connectivity index (χ4n) is 6.58. The molecule has 0 bridgehead atoms. The lowest BCUT2D eigenvalue weighted by Crippen LogP contribution is -2.59. The van der Waals surface area contributed by atoms with Crippen LogP contribution in [0.1, 0.15) is 11.1 Å². The van der Waals surface area contributed by atoms with Gasteiger partial charge in [-0.05, 0) is 99.4 Å². The standard InChI is InChI=1S/C34H38B2N2O6/c1-37(19-24-9-3-4-10-24)21-26-15-17-28(18-16-26)35-43-33-32-31(40-34(33)44-35)30(23-39)41-36(42-32)29-14-8-7-13-27(29)22-38(2)20-25-11-5-6-12-25/h3-18,30-34,39H,19-23H2,1-2H3/t30-,31-,32-,33-,34-/m1/s1. The molecule has 0 spiro atoms. The number of hydrogen-bond donors (Lipinski definition) is 1. The van der Waals surface area contributed by atoms with Crippen molar-refractivity contribution in [1.29, 1.82) is 0 Å². The lowest BCUT2D eigenvalue weighted by Gasteiger charge is -2.37. The number of benzene rings is 2. The Bertz CT molecular complexity index is 1230. The highest BCUT2D eigenvalue weighted by atomic mass is 16.8. The van der Waals surface area contributed by atoms with E-state index in [1.807, 2.05) is 18.2 Å². The molecule has 5 aliphatic rings. The molecule has 0 unspecified atom stereocenters. The first-order valence-corrected chi connectivity index (χ1v) is 15.4. The number of nitrogens with zero attached hydrogens (tertiary/aromatic N) is 2. The van der Waals surface area contributed by atoms with Crippen LogP contribution in [0.2, 0.25) is 0 Å². The van der Waals surface area contributed by atoms with Gasteiger partial charge in [-0.2, -0.15) is 0 Å². The third-order valence-corrected chi connectivity index (χ3v) is 8.69. The van der Waals surface area contributed by atoms with Crippen LogP contribution in [-0.2, 0) is 36.4 Å². The summed E-state index contributed by atoms with van der Waals surface area (Å²) >= 11 is 0. The van der Waals surface area contributed by atoms with Gasteiger partial charge < -0.3 is 38.3 Å². The van der Waals surface area contributed by atoms with Crippen molar-refractivity contribution in [1.82, 2.24) is 9.80 Å². The summed E-state index contributed by atoms with van der Waals surface area (Å²) in [5, 5.41) is 10.3. The maximum atomic E-state index is 10.3. The summed E-state index contributed by atoms with van der Waals surface area (Å²) in [6.07, 6.45) is 14.3. The van der Waals surface area contributed by atoms with E-state index in [-0.39, 0.29) is 6.61 Å². The molecule has 2 aliphatic carbocycles. The molecule has 0 amide bonds. The normalized spacial score (nSPS) is 29.3. The van der Waals surface area contributed by atoms with Crippen molar-refractivity contribution >= 4 is 25.2 Å². The zero-order chi connectivity index (χ0) is 30.0. The molecule has 5 fully saturated rings. The van der Waals surface area contributed by atoms with Crippen molar-refractivity contribution in [3.63, 3.8) is 0 Å². The van der Waals surface area contributed by atoms with Crippen LogP contribution >= 0.6 is 0 Å². The second-order valence-electron chi connectivity index (χ2n) is 12.2. The van der Waals surface area contributed by atoms with Crippen LogP contribution in [0.5, 0.6) is 0 Å². The van der Waals surface area contributed by atoms with Gasteiger partial charge in [0, 0.05) is 26.2 Å². The SMILES string of the molecule is CN(C[C]1[CH][CH][CH][CH]1)Cc1ccc(B2O[C@H]3O[C@H]4[C@@H](OB(c5ccccc5CN(C)C[C]5[CH][CH][CH][CH]5)O[C@@H]4CO)[C@H]3O2)cc1. The van der Waals surface area contributed by atoms with E-state index < -0.39 is 44.9 Å². The summed E-state index contributed by atoms with van der Waals surface area (Å²) in [5.41, 5.74) is 4.20. The molecule has 10 radical (unpaired) electrons. The van der Waals surface area contributed by atoms with E-state index in [4.69, 9.17) is 23.4 Å². The Balaban J connectivity index is 0.993. The minimum Gasteiger partial charge on any atom is -0.399 e. The number of aliphatic hydroxyl groups excluding tert-OH is 1. The Morgan fingerprint density at radius 1 is 0.659 bits per heavy atom. The summed E-state index contributed by atoms with van der Waals surface area (Å²) in [7, 11) is 3.01. The van der Waals surface area contributed by atoms with Crippen molar-refractivity contribution in [3.8, 4) is 0 Å². The predicted octanol–water partition coefficient (Wildman–Crippen LogP) is 1.37. The minimum absolute atomic E-state index is 0.190. The molecule has 226 valence electrons. The van der Waals surface area contributed by atoms with Crippen molar-refractivity contribution in [2.45, 2.75) is 43.8 Å². The Morgan fingerprint density at radius 2 is 1.30 bits per heavy atom. The highest BCUT2D eigenvalue weighted by Crippen LogP contribution is 2.38. The van der Waals surface area contributed by atoms with Crippen LogP contribution < -0.4 is 10.9 Å². The van der Waals surface area contributed by atoms with Gasteiger partial charge in [-0.15, -0.1) is 0 Å². The Labute approximate surface area is 263 Å². The fourth-order valence-corrected chi connectivity index (χ4v) is 6.58. The first kappa shape index (κ1) is 30.9. The van der Waals surface area contributed by atoms with Crippen LogP contribution in [0, 0.1) is 63.2 Å². The molecular weight excluding hydrogens is 554 g/mol. The average Bonchev–Trinajstić information content (AvgIpc) is 3.84. The van der Waals surface area contributed by atoms with Gasteiger partial charge in [0.05, 0.1) is 12.7 Å². The van der Waals surface area contributed by atoms with E-state index in [0.717, 1.165) is 42.7 Å². The van der Waals surface area contributed by atoms with E-state index in [1.54, 1.807) is 0 Å². The summed E-state index contributed by atoms with van der Waals surface area (Å²) in [5.74, 6) is 2.59. The smallest absolute Gasteiger partial charge is 0.399 e. The number of ether oxygens (including phenoxy) is 1. The third-order valence-electron chi connectivity index (χ3n) is 8.69. The van der Waals surface area contributed by atoms with Crippen LogP contribution in [0.3, 0.4) is 0 Å². The maximum Gasteiger partial charge on any atom is 0.496 e. The van der Waals surface area contributed by atoms with E-state index >= 15 is 0 Å². The average molecular weight is 592 g/mol. The molecule has 2 aromatic carbocycles. The Hall–Kier alpha value is -1.75. The zero-order valence-electron chi connectivity index (χ0n) is 25.2. The molecule has 1 N–H and O–H groups in total. The maximum absolute atomic E-state index is 10.3. The Kier molecular flexibility index (Phi) is 9.78. The van der Waals surface area contributed by atoms with E-state index in [9.17, 15) is 5.11 Å². The Morgan fingerprint density at radius 3 is 1.98 bits per heavy atom. The minimum atomic E-state index is -0.661.